The summed E-state index contributed by atoms with van der Waals surface area (Å²) in [5.74, 6) is 1.02. The first kappa shape index (κ1) is 25.9. The van der Waals surface area contributed by atoms with Gasteiger partial charge in [0, 0.05) is 14.9 Å². The Kier molecular flexibility index (Phi) is 8.32. The molecule has 0 fully saturated rings. The lowest BCUT2D eigenvalue weighted by atomic mass is 10.1. The van der Waals surface area contributed by atoms with E-state index < -0.39 is 0 Å². The van der Waals surface area contributed by atoms with Crippen LogP contribution in [-0.4, -0.2) is 15.9 Å². The zero-order valence-electron chi connectivity index (χ0n) is 18.9. The van der Waals surface area contributed by atoms with Gasteiger partial charge in [-0.3, -0.25) is 4.79 Å². The maximum absolute atomic E-state index is 13.3. The summed E-state index contributed by atoms with van der Waals surface area (Å²) in [6.45, 7) is 4.39. The van der Waals surface area contributed by atoms with Crippen LogP contribution in [0.1, 0.15) is 43.1 Å². The van der Waals surface area contributed by atoms with Gasteiger partial charge in [0.2, 0.25) is 0 Å². The molecular formula is C26H21Br2Cl2N3O2. The highest BCUT2D eigenvalue weighted by Crippen LogP contribution is 2.34. The normalized spacial score (nSPS) is 12.4. The summed E-state index contributed by atoms with van der Waals surface area (Å²) in [7, 11) is 0. The highest BCUT2D eigenvalue weighted by molar-refractivity contribution is 9.10. The van der Waals surface area contributed by atoms with Gasteiger partial charge in [-0.2, -0.15) is 9.78 Å². The van der Waals surface area contributed by atoms with E-state index in [2.05, 4.69) is 37.0 Å². The van der Waals surface area contributed by atoms with Crippen molar-refractivity contribution in [2.24, 2.45) is 5.10 Å². The van der Waals surface area contributed by atoms with Crippen LogP contribution in [0.5, 0.6) is 5.75 Å². The molecule has 5 nitrogen and oxygen atoms in total. The first-order chi connectivity index (χ1) is 16.8. The number of hydrogen-bond acceptors (Lipinski definition) is 4. The van der Waals surface area contributed by atoms with Crippen molar-refractivity contribution in [3.05, 3.63) is 101 Å². The third kappa shape index (κ3) is 5.97. The van der Waals surface area contributed by atoms with Gasteiger partial charge in [-0.15, -0.1) is 0 Å². The zero-order chi connectivity index (χ0) is 25.1. The molecule has 0 spiro atoms. The second-order valence-electron chi connectivity index (χ2n) is 8.03. The van der Waals surface area contributed by atoms with Gasteiger partial charge < -0.3 is 4.74 Å². The zero-order valence-corrected chi connectivity index (χ0v) is 23.6. The van der Waals surface area contributed by atoms with Crippen molar-refractivity contribution in [2.75, 3.05) is 0 Å². The SMILES string of the molecule is CC[C@H](C)c1nc2ccc(Br)cc2c(=O)n1N=Cc1cc(Cl)c(OCc2ccc(Br)cc2)c(Cl)c1. The summed E-state index contributed by atoms with van der Waals surface area (Å²) in [6, 6.07) is 16.6. The lowest BCUT2D eigenvalue weighted by Crippen LogP contribution is -2.23. The van der Waals surface area contributed by atoms with Gasteiger partial charge >= 0.3 is 0 Å². The fourth-order valence-electron chi connectivity index (χ4n) is 3.43. The Balaban J connectivity index is 1.66. The minimum Gasteiger partial charge on any atom is -0.486 e. The van der Waals surface area contributed by atoms with E-state index in [1.165, 1.54) is 4.68 Å². The van der Waals surface area contributed by atoms with Crippen molar-refractivity contribution in [3.63, 3.8) is 0 Å². The Bertz CT molecular complexity index is 1450. The average Bonchev–Trinajstić information content (AvgIpc) is 2.83. The molecular weight excluding hydrogens is 617 g/mol. The minimum atomic E-state index is -0.241. The summed E-state index contributed by atoms with van der Waals surface area (Å²) in [4.78, 5) is 18.0. The molecule has 1 atom stereocenters. The predicted molar refractivity (Wildman–Crippen MR) is 150 cm³/mol. The molecule has 0 saturated carbocycles. The number of rotatable bonds is 7. The minimum absolute atomic E-state index is 0.0365. The molecule has 0 radical (unpaired) electrons. The van der Waals surface area contributed by atoms with E-state index in [0.717, 1.165) is 20.9 Å². The number of hydrogen-bond donors (Lipinski definition) is 0. The molecule has 9 heteroatoms. The number of ether oxygens (including phenoxy) is 1. The number of benzene rings is 3. The Hall–Kier alpha value is -2.19. The molecule has 3 aromatic carbocycles. The van der Waals surface area contributed by atoms with E-state index in [-0.39, 0.29) is 11.5 Å². The molecule has 0 aliphatic rings. The molecule has 0 unspecified atom stereocenters. The van der Waals surface area contributed by atoms with Crippen molar-refractivity contribution in [2.45, 2.75) is 32.8 Å². The van der Waals surface area contributed by atoms with Gasteiger partial charge in [-0.25, -0.2) is 4.98 Å². The number of halogens is 4. The van der Waals surface area contributed by atoms with Crippen molar-refractivity contribution >= 4 is 72.2 Å². The maximum Gasteiger partial charge on any atom is 0.282 e. The van der Waals surface area contributed by atoms with Crippen LogP contribution < -0.4 is 10.3 Å². The number of aromatic nitrogens is 2. The Morgan fingerprint density at radius 3 is 2.37 bits per heavy atom. The number of fused-ring (bicyclic) bond motifs is 1. The van der Waals surface area contributed by atoms with Crippen molar-refractivity contribution < 1.29 is 4.74 Å². The highest BCUT2D eigenvalue weighted by Gasteiger charge is 2.16. The molecule has 1 aromatic heterocycles. The third-order valence-electron chi connectivity index (χ3n) is 5.53. The lowest BCUT2D eigenvalue weighted by Gasteiger charge is -2.14. The fourth-order valence-corrected chi connectivity index (χ4v) is 4.67. The Morgan fingerprint density at radius 1 is 1.06 bits per heavy atom. The predicted octanol–water partition coefficient (Wildman–Crippen LogP) is 8.20. The van der Waals surface area contributed by atoms with E-state index in [0.29, 0.717) is 44.7 Å². The van der Waals surface area contributed by atoms with E-state index in [1.54, 1.807) is 24.4 Å². The molecule has 0 aliphatic heterocycles. The van der Waals surface area contributed by atoms with Gasteiger partial charge in [0.15, 0.2) is 5.75 Å². The van der Waals surface area contributed by atoms with Crippen molar-refractivity contribution in [1.29, 1.82) is 0 Å². The summed E-state index contributed by atoms with van der Waals surface area (Å²) < 4.78 is 9.00. The first-order valence-electron chi connectivity index (χ1n) is 10.9. The van der Waals surface area contributed by atoms with Gasteiger partial charge in [-0.1, -0.05) is 81.0 Å². The second kappa shape index (κ2) is 11.2. The molecule has 4 rings (SSSR count). The topological polar surface area (TPSA) is 56.5 Å². The lowest BCUT2D eigenvalue weighted by molar-refractivity contribution is 0.306. The largest absolute Gasteiger partial charge is 0.486 e. The molecule has 0 bridgehead atoms. The van der Waals surface area contributed by atoms with Crippen LogP contribution in [0, 0.1) is 0 Å². The molecule has 0 saturated heterocycles. The smallest absolute Gasteiger partial charge is 0.282 e. The van der Waals surface area contributed by atoms with E-state index in [4.69, 9.17) is 32.9 Å². The van der Waals surface area contributed by atoms with Crippen molar-refractivity contribution in [3.8, 4) is 5.75 Å². The van der Waals surface area contributed by atoms with Crippen LogP contribution in [0.15, 0.2) is 73.4 Å². The third-order valence-corrected chi connectivity index (χ3v) is 7.11. The van der Waals surface area contributed by atoms with Crippen LogP contribution in [-0.2, 0) is 6.61 Å². The fraction of sp³-hybridized carbons (Fsp3) is 0.192. The Morgan fingerprint density at radius 2 is 1.71 bits per heavy atom. The highest BCUT2D eigenvalue weighted by atomic mass is 79.9. The van der Waals surface area contributed by atoms with Crippen LogP contribution >= 0.6 is 55.1 Å². The van der Waals surface area contributed by atoms with E-state index in [1.807, 2.05) is 50.2 Å². The van der Waals surface area contributed by atoms with Gasteiger partial charge in [0.1, 0.15) is 12.4 Å². The summed E-state index contributed by atoms with van der Waals surface area (Å²) in [5.41, 5.74) is 2.01. The molecule has 0 amide bonds. The maximum atomic E-state index is 13.3. The van der Waals surface area contributed by atoms with Crippen LogP contribution in [0.25, 0.3) is 10.9 Å². The van der Waals surface area contributed by atoms with Gasteiger partial charge in [-0.05, 0) is 60.0 Å². The number of nitrogens with zero attached hydrogens (tertiary/aromatic N) is 3. The second-order valence-corrected chi connectivity index (χ2v) is 10.7. The van der Waals surface area contributed by atoms with Gasteiger partial charge in [0.05, 0.1) is 27.2 Å². The summed E-state index contributed by atoms with van der Waals surface area (Å²) in [5, 5.41) is 5.67. The first-order valence-corrected chi connectivity index (χ1v) is 13.2. The van der Waals surface area contributed by atoms with Crippen molar-refractivity contribution in [1.82, 2.24) is 9.66 Å². The molecule has 180 valence electrons. The monoisotopic (exact) mass is 635 g/mol. The average molecular weight is 638 g/mol. The molecule has 35 heavy (non-hydrogen) atoms. The molecule has 4 aromatic rings. The standard InChI is InChI=1S/C26H21Br2Cl2N3O2/c1-3-15(2)25-32-23-9-8-19(28)12-20(23)26(34)33(25)31-13-17-10-21(29)24(22(30)11-17)35-14-16-4-6-18(27)7-5-16/h4-13,15H,3,14H2,1-2H3/t15-/m0/s1. The molecule has 1 heterocycles. The van der Waals surface area contributed by atoms with E-state index >= 15 is 0 Å². The summed E-state index contributed by atoms with van der Waals surface area (Å²) in [6.07, 6.45) is 2.36. The van der Waals surface area contributed by atoms with E-state index in [9.17, 15) is 4.79 Å². The molecule has 0 N–H and O–H groups in total. The summed E-state index contributed by atoms with van der Waals surface area (Å²) >= 11 is 19.8. The quantitative estimate of drug-likeness (QED) is 0.192. The molecule has 0 aliphatic carbocycles. The Labute approximate surface area is 230 Å². The van der Waals surface area contributed by atoms with Gasteiger partial charge in [0.25, 0.3) is 5.56 Å². The van der Waals surface area contributed by atoms with Crippen LogP contribution in [0.4, 0.5) is 0 Å². The van der Waals surface area contributed by atoms with Crippen LogP contribution in [0.2, 0.25) is 10.0 Å². The van der Waals surface area contributed by atoms with Crippen LogP contribution in [0.3, 0.4) is 0 Å².